The van der Waals surface area contributed by atoms with Gasteiger partial charge in [-0.15, -0.1) is 11.3 Å². The zero-order chi connectivity index (χ0) is 25.4. The Balaban J connectivity index is 1.27. The van der Waals surface area contributed by atoms with E-state index in [9.17, 15) is 18.4 Å². The monoisotopic (exact) mass is 544 g/mol. The van der Waals surface area contributed by atoms with Crippen molar-refractivity contribution in [2.45, 2.75) is 10.8 Å². The molecule has 1 fully saturated rings. The first-order valence-corrected chi connectivity index (χ1v) is 13.6. The van der Waals surface area contributed by atoms with Crippen LogP contribution in [0, 0.1) is 5.21 Å². The summed E-state index contributed by atoms with van der Waals surface area (Å²) in [7, 11) is -3.70. The molecule has 36 heavy (non-hydrogen) atoms. The van der Waals surface area contributed by atoms with E-state index in [-0.39, 0.29) is 42.8 Å². The van der Waals surface area contributed by atoms with Gasteiger partial charge in [0.05, 0.1) is 12.1 Å². The fourth-order valence-corrected chi connectivity index (χ4v) is 7.23. The molecule has 5 rings (SSSR count). The average molecular weight is 545 g/mol. The van der Waals surface area contributed by atoms with Gasteiger partial charge in [-0.3, -0.25) is 4.79 Å². The number of rotatable bonds is 5. The third-order valence-electron chi connectivity index (χ3n) is 5.95. The third-order valence-corrected chi connectivity index (χ3v) is 9.63. The number of carbonyl (C=O) groups is 1. The fraction of sp³-hybridized carbons (Fsp3) is 0.217. The number of fused-ring (bicyclic) bond motifs is 1. The summed E-state index contributed by atoms with van der Waals surface area (Å²) in [6.45, 7) is 0.818. The molecule has 10 nitrogen and oxygen atoms in total. The molecule has 1 aromatic carbocycles. The molecule has 2 N–H and O–H groups in total. The van der Waals surface area contributed by atoms with Crippen LogP contribution in [0.5, 0.6) is 0 Å². The van der Waals surface area contributed by atoms with E-state index >= 15 is 0 Å². The van der Waals surface area contributed by atoms with Crippen molar-refractivity contribution in [2.75, 3.05) is 26.2 Å². The first-order valence-electron chi connectivity index (χ1n) is 11.0. The molecule has 0 saturated carbocycles. The van der Waals surface area contributed by atoms with Gasteiger partial charge < -0.3 is 15.8 Å². The summed E-state index contributed by atoms with van der Waals surface area (Å²) in [5, 5.41) is 13.8. The minimum atomic E-state index is -3.70. The average Bonchev–Trinajstić information content (AvgIpc) is 3.33. The number of thiophene rings is 1. The molecule has 1 amide bonds. The number of hydrogen-bond acceptors (Lipinski definition) is 8. The summed E-state index contributed by atoms with van der Waals surface area (Å²) >= 11 is 7.20. The van der Waals surface area contributed by atoms with Gasteiger partial charge in [0, 0.05) is 60.4 Å². The van der Waals surface area contributed by atoms with Crippen molar-refractivity contribution in [2.24, 2.45) is 5.73 Å². The molecular weight excluding hydrogens is 524 g/mol. The van der Waals surface area contributed by atoms with Crippen molar-refractivity contribution in [1.82, 2.24) is 19.2 Å². The van der Waals surface area contributed by atoms with Gasteiger partial charge >= 0.3 is 0 Å². The predicted molar refractivity (Wildman–Crippen MR) is 136 cm³/mol. The van der Waals surface area contributed by atoms with Crippen LogP contribution in [-0.4, -0.2) is 59.7 Å². The van der Waals surface area contributed by atoms with Crippen molar-refractivity contribution >= 4 is 49.0 Å². The van der Waals surface area contributed by atoms with Crippen LogP contribution in [0.1, 0.15) is 16.3 Å². The number of aromatic nitrogens is 3. The lowest BCUT2D eigenvalue weighted by Gasteiger charge is -2.33. The zero-order valence-corrected chi connectivity index (χ0v) is 21.3. The van der Waals surface area contributed by atoms with E-state index < -0.39 is 15.9 Å². The number of carbonyl (C=O) groups excluding carboxylic acids is 1. The van der Waals surface area contributed by atoms with Crippen molar-refractivity contribution in [3.8, 4) is 11.3 Å². The quantitative estimate of drug-likeness (QED) is 0.300. The van der Waals surface area contributed by atoms with E-state index in [2.05, 4.69) is 9.97 Å². The van der Waals surface area contributed by atoms with Gasteiger partial charge in [0.1, 0.15) is 4.21 Å². The molecule has 1 aliphatic heterocycles. The van der Waals surface area contributed by atoms with E-state index in [1.54, 1.807) is 42.5 Å². The van der Waals surface area contributed by atoms with Crippen LogP contribution < -0.4 is 10.5 Å². The number of nitrogens with two attached hydrogens (primary N) is 1. The maximum Gasteiger partial charge on any atom is 0.291 e. The molecule has 186 valence electrons. The highest BCUT2D eigenvalue weighted by molar-refractivity contribution is 7.91. The van der Waals surface area contributed by atoms with E-state index in [0.717, 1.165) is 10.1 Å². The Hall–Kier alpha value is -3.16. The van der Waals surface area contributed by atoms with E-state index in [1.165, 1.54) is 32.9 Å². The molecule has 1 saturated heterocycles. The third kappa shape index (κ3) is 4.53. The highest BCUT2D eigenvalue weighted by Crippen LogP contribution is 2.33. The first kappa shape index (κ1) is 24.5. The highest BCUT2D eigenvalue weighted by Gasteiger charge is 2.32. The van der Waals surface area contributed by atoms with E-state index in [0.29, 0.717) is 26.7 Å². The van der Waals surface area contributed by atoms with Crippen molar-refractivity contribution in [1.29, 1.82) is 0 Å². The summed E-state index contributed by atoms with van der Waals surface area (Å²) in [6.07, 6.45) is 2.83. The maximum absolute atomic E-state index is 13.2. The summed E-state index contributed by atoms with van der Waals surface area (Å²) < 4.78 is 29.5. The Labute approximate surface area is 216 Å². The van der Waals surface area contributed by atoms with Crippen molar-refractivity contribution in [3.63, 3.8) is 0 Å². The summed E-state index contributed by atoms with van der Waals surface area (Å²) in [5.74, 6) is -0.426. The van der Waals surface area contributed by atoms with Crippen LogP contribution in [-0.2, 0) is 16.6 Å². The molecule has 0 spiro atoms. The summed E-state index contributed by atoms with van der Waals surface area (Å²) in [4.78, 5) is 22.7. The summed E-state index contributed by atoms with van der Waals surface area (Å²) in [6, 6.07) is 11.9. The second-order valence-electron chi connectivity index (χ2n) is 8.14. The van der Waals surface area contributed by atoms with Crippen LogP contribution in [0.15, 0.2) is 59.1 Å². The Morgan fingerprint density at radius 2 is 1.83 bits per heavy atom. The Bertz CT molecular complexity index is 1550. The van der Waals surface area contributed by atoms with Gasteiger partial charge in [0.2, 0.25) is 17.2 Å². The van der Waals surface area contributed by atoms with Gasteiger partial charge in [0.25, 0.3) is 15.9 Å². The SMILES string of the molecule is NCc1cccc(-c2cnc(C(=O)N3CCN(S(=O)(=O)c4cc5ccc(Cl)cc5s4)CC3)nc2)[n+]1[O-]. The standard InChI is InChI=1S/C23H21ClN6O4S2/c24-17-5-4-15-10-21(35-20(15)11-17)36(33,34)29-8-6-28(7-9-29)23(31)22-26-13-16(14-27-22)19-3-1-2-18(12-25)30(19)32/h1-5,10-11,13-14H,6-9,12,25H2. The van der Waals surface area contributed by atoms with Gasteiger partial charge in [-0.25, -0.2) is 18.4 Å². The lowest BCUT2D eigenvalue weighted by atomic mass is 10.2. The second-order valence-corrected chi connectivity index (χ2v) is 11.8. The normalized spacial score (nSPS) is 14.9. The van der Waals surface area contributed by atoms with Crippen LogP contribution in [0.3, 0.4) is 0 Å². The molecule has 3 aromatic heterocycles. The van der Waals surface area contributed by atoms with E-state index in [4.69, 9.17) is 17.3 Å². The number of benzene rings is 1. The number of pyridine rings is 1. The Morgan fingerprint density at radius 3 is 2.53 bits per heavy atom. The first-order chi connectivity index (χ1) is 17.3. The molecular formula is C23H21ClN6O4S2. The van der Waals surface area contributed by atoms with Gasteiger partial charge in [-0.05, 0) is 29.7 Å². The number of halogens is 1. The lowest BCUT2D eigenvalue weighted by Crippen LogP contribution is -2.50. The molecule has 1 aliphatic rings. The zero-order valence-electron chi connectivity index (χ0n) is 18.9. The minimum Gasteiger partial charge on any atom is -0.618 e. The Kier molecular flexibility index (Phi) is 6.62. The van der Waals surface area contributed by atoms with Crippen LogP contribution in [0.25, 0.3) is 21.3 Å². The van der Waals surface area contributed by atoms with Gasteiger partial charge in [-0.2, -0.15) is 9.04 Å². The number of sulfonamides is 1. The van der Waals surface area contributed by atoms with Crippen LogP contribution >= 0.6 is 22.9 Å². The molecule has 0 unspecified atom stereocenters. The van der Waals surface area contributed by atoms with Crippen LogP contribution in [0.4, 0.5) is 0 Å². The summed E-state index contributed by atoms with van der Waals surface area (Å²) in [5.41, 5.74) is 6.78. The molecule has 13 heteroatoms. The smallest absolute Gasteiger partial charge is 0.291 e. The van der Waals surface area contributed by atoms with Gasteiger partial charge in [0.15, 0.2) is 0 Å². The number of piperazine rings is 1. The van der Waals surface area contributed by atoms with E-state index in [1.807, 2.05) is 0 Å². The predicted octanol–water partition coefficient (Wildman–Crippen LogP) is 2.25. The molecule has 4 heterocycles. The second kappa shape index (κ2) is 9.71. The highest BCUT2D eigenvalue weighted by atomic mass is 35.5. The number of nitrogens with zero attached hydrogens (tertiary/aromatic N) is 5. The number of hydrogen-bond donors (Lipinski definition) is 1. The van der Waals surface area contributed by atoms with Crippen LogP contribution in [0.2, 0.25) is 5.02 Å². The molecule has 0 atom stereocenters. The Morgan fingerprint density at radius 1 is 1.11 bits per heavy atom. The maximum atomic E-state index is 13.2. The topological polar surface area (TPSA) is 136 Å². The van der Waals surface area contributed by atoms with Gasteiger partial charge in [-0.1, -0.05) is 17.7 Å². The molecule has 0 aliphatic carbocycles. The number of amides is 1. The van der Waals surface area contributed by atoms with Crippen molar-refractivity contribution in [3.05, 3.63) is 76.6 Å². The largest absolute Gasteiger partial charge is 0.618 e. The lowest BCUT2D eigenvalue weighted by molar-refractivity contribution is -0.602. The minimum absolute atomic E-state index is 0.0242. The molecule has 0 radical (unpaired) electrons. The molecule has 4 aromatic rings. The molecule has 0 bridgehead atoms. The van der Waals surface area contributed by atoms with Crippen molar-refractivity contribution < 1.29 is 17.9 Å². The fourth-order valence-electron chi connectivity index (χ4n) is 3.98.